The van der Waals surface area contributed by atoms with Crippen LogP contribution < -0.4 is 10.6 Å². The summed E-state index contributed by atoms with van der Waals surface area (Å²) in [5.41, 5.74) is 0.515. The van der Waals surface area contributed by atoms with Crippen LogP contribution >= 0.6 is 23.2 Å². The van der Waals surface area contributed by atoms with Crippen molar-refractivity contribution in [2.75, 3.05) is 11.9 Å². The van der Waals surface area contributed by atoms with Crippen molar-refractivity contribution in [2.45, 2.75) is 20.3 Å². The highest BCUT2D eigenvalue weighted by Crippen LogP contribution is 2.25. The minimum Gasteiger partial charge on any atom is -0.338 e. The first kappa shape index (κ1) is 14.1. The molecule has 0 fully saturated rings. The van der Waals surface area contributed by atoms with Crippen LogP contribution in [0.5, 0.6) is 0 Å². The molecular formula is C12H16Cl2N2O. The Morgan fingerprint density at radius 3 is 2.71 bits per heavy atom. The lowest BCUT2D eigenvalue weighted by molar-refractivity contribution is 0.251. The zero-order valence-electron chi connectivity index (χ0n) is 9.89. The van der Waals surface area contributed by atoms with Crippen molar-refractivity contribution in [1.29, 1.82) is 0 Å². The summed E-state index contributed by atoms with van der Waals surface area (Å²) in [4.78, 5) is 11.5. The molecule has 0 aliphatic rings. The van der Waals surface area contributed by atoms with E-state index >= 15 is 0 Å². The van der Waals surface area contributed by atoms with Gasteiger partial charge in [-0.05, 0) is 30.5 Å². The second kappa shape index (κ2) is 6.72. The quantitative estimate of drug-likeness (QED) is 0.851. The second-order valence-corrected chi connectivity index (χ2v) is 5.03. The average molecular weight is 275 g/mol. The molecule has 0 spiro atoms. The van der Waals surface area contributed by atoms with Crippen LogP contribution in [0.1, 0.15) is 20.3 Å². The van der Waals surface area contributed by atoms with E-state index in [4.69, 9.17) is 23.2 Å². The largest absolute Gasteiger partial charge is 0.338 e. The number of rotatable bonds is 4. The molecule has 0 aliphatic carbocycles. The van der Waals surface area contributed by atoms with Gasteiger partial charge in [0.2, 0.25) is 0 Å². The minimum atomic E-state index is -0.269. The third kappa shape index (κ3) is 5.29. The molecule has 0 saturated carbocycles. The molecular weight excluding hydrogens is 259 g/mol. The van der Waals surface area contributed by atoms with Gasteiger partial charge in [0.05, 0.1) is 10.7 Å². The van der Waals surface area contributed by atoms with Crippen molar-refractivity contribution >= 4 is 34.9 Å². The first-order valence-corrected chi connectivity index (χ1v) is 6.24. The number of carbonyl (C=O) groups excluding carboxylic acids is 1. The van der Waals surface area contributed by atoms with Crippen LogP contribution in [0.2, 0.25) is 10.0 Å². The maximum atomic E-state index is 11.5. The zero-order chi connectivity index (χ0) is 12.8. The SMILES string of the molecule is CC(C)CCNC(=O)Nc1cc(Cl)ccc1Cl. The molecule has 2 amide bonds. The summed E-state index contributed by atoms with van der Waals surface area (Å²) >= 11 is 11.7. The Bertz CT molecular complexity index is 394. The number of amides is 2. The molecule has 1 aromatic rings. The lowest BCUT2D eigenvalue weighted by atomic mass is 10.1. The van der Waals surface area contributed by atoms with Gasteiger partial charge < -0.3 is 10.6 Å². The summed E-state index contributed by atoms with van der Waals surface area (Å²) in [5, 5.41) is 6.42. The molecule has 1 rings (SSSR count). The van der Waals surface area contributed by atoms with E-state index in [1.54, 1.807) is 18.2 Å². The summed E-state index contributed by atoms with van der Waals surface area (Å²) in [5.74, 6) is 0.560. The average Bonchev–Trinajstić information content (AvgIpc) is 2.23. The Hall–Kier alpha value is -0.930. The van der Waals surface area contributed by atoms with Gasteiger partial charge >= 0.3 is 6.03 Å². The van der Waals surface area contributed by atoms with Crippen molar-refractivity contribution in [3.63, 3.8) is 0 Å². The molecule has 0 heterocycles. The molecule has 0 radical (unpaired) electrons. The maximum absolute atomic E-state index is 11.5. The van der Waals surface area contributed by atoms with Gasteiger partial charge in [0.15, 0.2) is 0 Å². The second-order valence-electron chi connectivity index (χ2n) is 4.19. The summed E-state index contributed by atoms with van der Waals surface area (Å²) in [6.07, 6.45) is 0.941. The molecule has 0 bridgehead atoms. The highest BCUT2D eigenvalue weighted by atomic mass is 35.5. The monoisotopic (exact) mass is 274 g/mol. The maximum Gasteiger partial charge on any atom is 0.319 e. The van der Waals surface area contributed by atoms with Crippen LogP contribution in [-0.2, 0) is 0 Å². The van der Waals surface area contributed by atoms with E-state index in [0.29, 0.717) is 28.2 Å². The van der Waals surface area contributed by atoms with E-state index in [2.05, 4.69) is 24.5 Å². The lowest BCUT2D eigenvalue weighted by Gasteiger charge is -2.10. The Labute approximate surface area is 111 Å². The number of hydrogen-bond acceptors (Lipinski definition) is 1. The van der Waals surface area contributed by atoms with Crippen LogP contribution in [0.4, 0.5) is 10.5 Å². The highest BCUT2D eigenvalue weighted by molar-refractivity contribution is 6.35. The van der Waals surface area contributed by atoms with E-state index < -0.39 is 0 Å². The number of hydrogen-bond donors (Lipinski definition) is 2. The normalized spacial score (nSPS) is 10.4. The number of carbonyl (C=O) groups is 1. The first-order valence-electron chi connectivity index (χ1n) is 5.49. The summed E-state index contributed by atoms with van der Waals surface area (Å²) < 4.78 is 0. The summed E-state index contributed by atoms with van der Waals surface area (Å²) in [6.45, 7) is 4.85. The molecule has 0 aromatic heterocycles. The predicted molar refractivity (Wildman–Crippen MR) is 72.9 cm³/mol. The molecule has 1 aromatic carbocycles. The van der Waals surface area contributed by atoms with Crippen molar-refractivity contribution in [3.8, 4) is 0 Å². The molecule has 0 aliphatic heterocycles. The van der Waals surface area contributed by atoms with E-state index in [0.717, 1.165) is 6.42 Å². The molecule has 3 nitrogen and oxygen atoms in total. The minimum absolute atomic E-state index is 0.269. The molecule has 0 atom stereocenters. The topological polar surface area (TPSA) is 41.1 Å². The van der Waals surface area contributed by atoms with Crippen LogP contribution in [0.3, 0.4) is 0 Å². The summed E-state index contributed by atoms with van der Waals surface area (Å²) in [7, 11) is 0. The van der Waals surface area contributed by atoms with Crippen molar-refractivity contribution in [1.82, 2.24) is 5.32 Å². The van der Waals surface area contributed by atoms with Crippen LogP contribution in [-0.4, -0.2) is 12.6 Å². The van der Waals surface area contributed by atoms with Gasteiger partial charge in [-0.1, -0.05) is 37.0 Å². The smallest absolute Gasteiger partial charge is 0.319 e. The third-order valence-corrected chi connectivity index (χ3v) is 2.75. The number of urea groups is 1. The highest BCUT2D eigenvalue weighted by Gasteiger charge is 2.06. The first-order chi connectivity index (χ1) is 7.99. The standard InChI is InChI=1S/C12H16Cl2N2O/c1-8(2)5-6-15-12(17)16-11-7-9(13)3-4-10(11)14/h3-4,7-8H,5-6H2,1-2H3,(H2,15,16,17). The van der Waals surface area contributed by atoms with Gasteiger partial charge in [-0.3, -0.25) is 0 Å². The third-order valence-electron chi connectivity index (χ3n) is 2.18. The van der Waals surface area contributed by atoms with Gasteiger partial charge in [0, 0.05) is 11.6 Å². The Balaban J connectivity index is 2.47. The number of benzene rings is 1. The fraction of sp³-hybridized carbons (Fsp3) is 0.417. The lowest BCUT2D eigenvalue weighted by Crippen LogP contribution is -2.30. The van der Waals surface area contributed by atoms with E-state index in [-0.39, 0.29) is 6.03 Å². The fourth-order valence-corrected chi connectivity index (χ4v) is 1.57. The van der Waals surface area contributed by atoms with Gasteiger partial charge in [0.25, 0.3) is 0 Å². The molecule has 0 saturated heterocycles. The van der Waals surface area contributed by atoms with Crippen molar-refractivity contribution < 1.29 is 4.79 Å². The molecule has 0 unspecified atom stereocenters. The van der Waals surface area contributed by atoms with Crippen molar-refractivity contribution in [3.05, 3.63) is 28.2 Å². The molecule has 17 heavy (non-hydrogen) atoms. The van der Waals surface area contributed by atoms with Gasteiger partial charge in [-0.25, -0.2) is 4.79 Å². The Morgan fingerprint density at radius 1 is 1.35 bits per heavy atom. The number of anilines is 1. The van der Waals surface area contributed by atoms with Gasteiger partial charge in [-0.2, -0.15) is 0 Å². The van der Waals surface area contributed by atoms with Gasteiger partial charge in [-0.15, -0.1) is 0 Å². The molecule has 94 valence electrons. The van der Waals surface area contributed by atoms with Gasteiger partial charge in [0.1, 0.15) is 0 Å². The summed E-state index contributed by atoms with van der Waals surface area (Å²) in [6, 6.07) is 4.67. The Morgan fingerprint density at radius 2 is 2.06 bits per heavy atom. The fourth-order valence-electron chi connectivity index (χ4n) is 1.23. The van der Waals surface area contributed by atoms with E-state index in [1.807, 2.05) is 0 Å². The predicted octanol–water partition coefficient (Wildman–Crippen LogP) is 4.16. The number of halogens is 2. The Kier molecular flexibility index (Phi) is 5.59. The van der Waals surface area contributed by atoms with Crippen molar-refractivity contribution in [2.24, 2.45) is 5.92 Å². The van der Waals surface area contributed by atoms with Crippen LogP contribution in [0.25, 0.3) is 0 Å². The van der Waals surface area contributed by atoms with Crippen LogP contribution in [0, 0.1) is 5.92 Å². The molecule has 2 N–H and O–H groups in total. The molecule has 5 heteroatoms. The van der Waals surface area contributed by atoms with E-state index in [1.165, 1.54) is 0 Å². The zero-order valence-corrected chi connectivity index (χ0v) is 11.4. The number of nitrogens with one attached hydrogen (secondary N) is 2. The van der Waals surface area contributed by atoms with Crippen LogP contribution in [0.15, 0.2) is 18.2 Å². The van der Waals surface area contributed by atoms with E-state index in [9.17, 15) is 4.79 Å².